The van der Waals surface area contributed by atoms with E-state index in [0.29, 0.717) is 34.1 Å². The fourth-order valence-corrected chi connectivity index (χ4v) is 4.06. The predicted octanol–water partition coefficient (Wildman–Crippen LogP) is 5.45. The molecule has 0 spiro atoms. The summed E-state index contributed by atoms with van der Waals surface area (Å²) in [5, 5.41) is 3.64. The lowest BCUT2D eigenvalue weighted by Crippen LogP contribution is -2.51. The molecule has 1 atom stereocenters. The van der Waals surface area contributed by atoms with Gasteiger partial charge in [-0.15, -0.1) is 0 Å². The molecule has 0 aliphatic rings. The molecule has 0 radical (unpaired) electrons. The van der Waals surface area contributed by atoms with E-state index in [0.717, 1.165) is 5.56 Å². The molecule has 33 heavy (non-hydrogen) atoms. The van der Waals surface area contributed by atoms with Crippen molar-refractivity contribution in [2.75, 3.05) is 6.54 Å². The van der Waals surface area contributed by atoms with Gasteiger partial charge in [-0.1, -0.05) is 77.8 Å². The number of carbonyl (C=O) groups excluding carboxylic acids is 2. The number of rotatable bonds is 9. The van der Waals surface area contributed by atoms with Gasteiger partial charge in [-0.25, -0.2) is 4.39 Å². The van der Waals surface area contributed by atoms with E-state index >= 15 is 0 Å². The molecule has 7 heteroatoms. The molecule has 4 nitrogen and oxygen atoms in total. The Morgan fingerprint density at radius 1 is 0.970 bits per heavy atom. The highest BCUT2D eigenvalue weighted by Gasteiger charge is 2.31. The molecular formula is C26H25Cl2FN2O2. The van der Waals surface area contributed by atoms with Crippen LogP contribution in [-0.2, 0) is 29.0 Å². The second kappa shape index (κ2) is 11.8. The average molecular weight is 487 g/mol. The maximum Gasteiger partial charge on any atom is 0.243 e. The quantitative estimate of drug-likeness (QED) is 0.437. The zero-order chi connectivity index (χ0) is 23.8. The summed E-state index contributed by atoms with van der Waals surface area (Å²) >= 11 is 12.3. The summed E-state index contributed by atoms with van der Waals surface area (Å²) in [6, 6.07) is 19.8. The topological polar surface area (TPSA) is 49.4 Å². The zero-order valence-corrected chi connectivity index (χ0v) is 19.7. The number of likely N-dealkylation sites (N-methyl/N-ethyl adjacent to an activating group) is 1. The first-order chi connectivity index (χ1) is 15.9. The normalized spacial score (nSPS) is 11.6. The van der Waals surface area contributed by atoms with Crippen molar-refractivity contribution >= 4 is 35.0 Å². The number of carbonyl (C=O) groups is 2. The monoisotopic (exact) mass is 486 g/mol. The lowest BCUT2D eigenvalue weighted by Gasteiger charge is -2.31. The van der Waals surface area contributed by atoms with Gasteiger partial charge in [0.2, 0.25) is 11.8 Å². The van der Waals surface area contributed by atoms with Crippen LogP contribution in [-0.4, -0.2) is 29.3 Å². The first-order valence-electron chi connectivity index (χ1n) is 10.7. The minimum atomic E-state index is -0.828. The molecule has 3 aromatic carbocycles. The minimum absolute atomic E-state index is 0.0465. The molecule has 2 amide bonds. The van der Waals surface area contributed by atoms with Gasteiger partial charge in [0.15, 0.2) is 0 Å². The smallest absolute Gasteiger partial charge is 0.243 e. The predicted molar refractivity (Wildman–Crippen MR) is 130 cm³/mol. The van der Waals surface area contributed by atoms with Crippen LogP contribution in [0.4, 0.5) is 4.39 Å². The molecule has 0 saturated heterocycles. The summed E-state index contributed by atoms with van der Waals surface area (Å²) in [6.45, 7) is 2.17. The van der Waals surface area contributed by atoms with Crippen LogP contribution in [0.5, 0.6) is 0 Å². The maximum absolute atomic E-state index is 14.5. The van der Waals surface area contributed by atoms with Crippen molar-refractivity contribution < 1.29 is 14.0 Å². The average Bonchev–Trinajstić information content (AvgIpc) is 2.80. The van der Waals surface area contributed by atoms with Gasteiger partial charge in [0.1, 0.15) is 11.9 Å². The van der Waals surface area contributed by atoms with Gasteiger partial charge in [-0.05, 0) is 36.2 Å². The van der Waals surface area contributed by atoms with Gasteiger partial charge in [-0.3, -0.25) is 9.59 Å². The van der Waals surface area contributed by atoms with Gasteiger partial charge < -0.3 is 10.2 Å². The lowest BCUT2D eigenvalue weighted by molar-refractivity contribution is -0.140. The maximum atomic E-state index is 14.5. The number of nitrogens with zero attached hydrogens (tertiary/aromatic N) is 1. The Kier molecular flexibility index (Phi) is 8.87. The summed E-state index contributed by atoms with van der Waals surface area (Å²) in [5.74, 6) is -1.07. The van der Waals surface area contributed by atoms with Gasteiger partial charge in [0, 0.05) is 35.1 Å². The van der Waals surface area contributed by atoms with Gasteiger partial charge in [0.05, 0.1) is 6.42 Å². The van der Waals surface area contributed by atoms with Gasteiger partial charge >= 0.3 is 0 Å². The standard InChI is InChI=1S/C26H25Cl2FN2O2/c1-2-30-26(33)24(14-18-8-4-3-5-9-18)31(17-20-10-6-7-11-23(20)29)25(32)15-19-12-13-21(27)16-22(19)28/h3-13,16,24H,2,14-15,17H2,1H3,(H,30,33)/t24-/m1/s1. The Morgan fingerprint density at radius 3 is 2.33 bits per heavy atom. The summed E-state index contributed by atoms with van der Waals surface area (Å²) in [7, 11) is 0. The number of benzene rings is 3. The van der Waals surface area contributed by atoms with E-state index in [1.165, 1.54) is 11.0 Å². The summed E-state index contributed by atoms with van der Waals surface area (Å²) in [5.41, 5.74) is 1.80. The number of nitrogens with one attached hydrogen (secondary N) is 1. The largest absolute Gasteiger partial charge is 0.355 e. The van der Waals surface area contributed by atoms with Crippen LogP contribution in [0, 0.1) is 5.82 Å². The van der Waals surface area contributed by atoms with Gasteiger partial charge in [0.25, 0.3) is 0 Å². The third kappa shape index (κ3) is 6.80. The summed E-state index contributed by atoms with van der Waals surface area (Å²) in [4.78, 5) is 28.1. The Balaban J connectivity index is 1.98. The second-order valence-electron chi connectivity index (χ2n) is 7.63. The molecule has 0 aromatic heterocycles. The van der Waals surface area contributed by atoms with Crippen molar-refractivity contribution in [2.24, 2.45) is 0 Å². The van der Waals surface area contributed by atoms with Crippen molar-refractivity contribution in [3.63, 3.8) is 0 Å². The van der Waals surface area contributed by atoms with E-state index < -0.39 is 11.9 Å². The van der Waals surface area contributed by atoms with Crippen LogP contribution in [0.25, 0.3) is 0 Å². The first kappa shape index (κ1) is 24.7. The molecule has 0 unspecified atom stereocenters. The highest BCUT2D eigenvalue weighted by Crippen LogP contribution is 2.24. The van der Waals surface area contributed by atoms with Crippen LogP contribution < -0.4 is 5.32 Å². The summed E-state index contributed by atoms with van der Waals surface area (Å²) < 4.78 is 14.5. The Bertz CT molecular complexity index is 1110. The third-order valence-corrected chi connectivity index (χ3v) is 5.86. The molecule has 0 aliphatic carbocycles. The fourth-order valence-electron chi connectivity index (χ4n) is 3.59. The Hall–Kier alpha value is -2.89. The highest BCUT2D eigenvalue weighted by atomic mass is 35.5. The summed E-state index contributed by atoms with van der Waals surface area (Å²) in [6.07, 6.45) is 0.246. The molecule has 3 aromatic rings. The van der Waals surface area contributed by atoms with Crippen LogP contribution in [0.15, 0.2) is 72.8 Å². The molecule has 3 rings (SSSR count). The number of hydrogen-bond acceptors (Lipinski definition) is 2. The van der Waals surface area contributed by atoms with Gasteiger partial charge in [-0.2, -0.15) is 0 Å². The minimum Gasteiger partial charge on any atom is -0.355 e. The molecular weight excluding hydrogens is 462 g/mol. The molecule has 0 heterocycles. The van der Waals surface area contributed by atoms with E-state index in [1.807, 2.05) is 37.3 Å². The SMILES string of the molecule is CCNC(=O)[C@@H](Cc1ccccc1)N(Cc1ccccc1F)C(=O)Cc1ccc(Cl)cc1Cl. The van der Waals surface area contributed by atoms with Crippen LogP contribution >= 0.6 is 23.2 Å². The van der Waals surface area contributed by atoms with Crippen LogP contribution in [0.2, 0.25) is 10.0 Å². The lowest BCUT2D eigenvalue weighted by atomic mass is 10.0. The Labute approximate surface area is 203 Å². The molecule has 172 valence electrons. The molecule has 1 N–H and O–H groups in total. The number of hydrogen-bond donors (Lipinski definition) is 1. The molecule has 0 fully saturated rings. The van der Waals surface area contributed by atoms with E-state index in [1.54, 1.807) is 36.4 Å². The number of amides is 2. The second-order valence-corrected chi connectivity index (χ2v) is 8.47. The van der Waals surface area contributed by atoms with Crippen molar-refractivity contribution in [2.45, 2.75) is 32.4 Å². The van der Waals surface area contributed by atoms with Crippen molar-refractivity contribution in [3.05, 3.63) is 105 Å². The van der Waals surface area contributed by atoms with Crippen molar-refractivity contribution in [3.8, 4) is 0 Å². The highest BCUT2D eigenvalue weighted by molar-refractivity contribution is 6.35. The van der Waals surface area contributed by atoms with E-state index in [2.05, 4.69) is 5.32 Å². The van der Waals surface area contributed by atoms with E-state index in [4.69, 9.17) is 23.2 Å². The van der Waals surface area contributed by atoms with E-state index in [-0.39, 0.29) is 24.8 Å². The van der Waals surface area contributed by atoms with Crippen molar-refractivity contribution in [1.29, 1.82) is 0 Å². The number of halogens is 3. The van der Waals surface area contributed by atoms with Crippen molar-refractivity contribution in [1.82, 2.24) is 10.2 Å². The molecule has 0 saturated carbocycles. The molecule has 0 aliphatic heterocycles. The fraction of sp³-hybridized carbons (Fsp3) is 0.231. The first-order valence-corrected chi connectivity index (χ1v) is 11.4. The molecule has 0 bridgehead atoms. The van der Waals surface area contributed by atoms with Crippen LogP contribution in [0.1, 0.15) is 23.6 Å². The van der Waals surface area contributed by atoms with Crippen LogP contribution in [0.3, 0.4) is 0 Å². The van der Waals surface area contributed by atoms with E-state index in [9.17, 15) is 14.0 Å². The third-order valence-electron chi connectivity index (χ3n) is 5.28. The zero-order valence-electron chi connectivity index (χ0n) is 18.2. The Morgan fingerprint density at radius 2 is 1.67 bits per heavy atom.